The number of sulfonamides is 1. The molecule has 3 aromatic rings. The molecule has 2 unspecified atom stereocenters. The van der Waals surface area contributed by atoms with Crippen LogP contribution in [0.1, 0.15) is 19.4 Å². The number of nitriles is 1. The minimum atomic E-state index is -3.32. The fraction of sp³-hybridized carbons (Fsp3) is 0.375. The first-order chi connectivity index (χ1) is 12.5. The maximum Gasteiger partial charge on any atom is 0.214 e. The van der Waals surface area contributed by atoms with Crippen molar-refractivity contribution in [1.82, 2.24) is 29.0 Å². The van der Waals surface area contributed by atoms with E-state index >= 15 is 0 Å². The molecule has 0 spiro atoms. The molecule has 1 aliphatic rings. The number of nitrogens with one attached hydrogen (secondary N) is 1. The van der Waals surface area contributed by atoms with Crippen molar-refractivity contribution in [3.8, 4) is 17.3 Å². The molecule has 26 heavy (non-hydrogen) atoms. The van der Waals surface area contributed by atoms with Gasteiger partial charge in [0.2, 0.25) is 10.0 Å². The van der Waals surface area contributed by atoms with Gasteiger partial charge < -0.3 is 4.98 Å². The molecule has 0 aromatic carbocycles. The second kappa shape index (κ2) is 6.19. The first kappa shape index (κ1) is 16.7. The van der Waals surface area contributed by atoms with Gasteiger partial charge in [-0.1, -0.05) is 0 Å². The summed E-state index contributed by atoms with van der Waals surface area (Å²) in [4.78, 5) is 11.6. The number of aromatic amines is 1. The van der Waals surface area contributed by atoms with E-state index in [0.29, 0.717) is 6.54 Å². The average molecular weight is 371 g/mol. The highest BCUT2D eigenvalue weighted by Crippen LogP contribution is 2.35. The number of hydrogen-bond donors (Lipinski definition) is 1. The topological polar surface area (TPSA) is 121 Å². The molecule has 1 saturated heterocycles. The lowest BCUT2D eigenvalue weighted by Crippen LogP contribution is -2.59. The van der Waals surface area contributed by atoms with E-state index in [0.717, 1.165) is 22.3 Å². The van der Waals surface area contributed by atoms with E-state index in [1.807, 2.05) is 12.3 Å². The minimum Gasteiger partial charge on any atom is -0.346 e. The third-order valence-electron chi connectivity index (χ3n) is 4.77. The predicted molar refractivity (Wildman–Crippen MR) is 94.3 cm³/mol. The van der Waals surface area contributed by atoms with Gasteiger partial charge in [-0.25, -0.2) is 18.4 Å². The van der Waals surface area contributed by atoms with Crippen LogP contribution in [0.2, 0.25) is 0 Å². The SMILES string of the molecule is CCS(=O)(=O)N1CC(n2cc(-c3ncnc4[nH]ccc34)cn2)C1CC#N. The highest BCUT2D eigenvalue weighted by atomic mass is 32.2. The summed E-state index contributed by atoms with van der Waals surface area (Å²) in [6.07, 6.45) is 6.97. The molecule has 4 heterocycles. The highest BCUT2D eigenvalue weighted by molar-refractivity contribution is 7.89. The lowest BCUT2D eigenvalue weighted by Gasteiger charge is -2.45. The monoisotopic (exact) mass is 371 g/mol. The van der Waals surface area contributed by atoms with Crippen molar-refractivity contribution in [3.05, 3.63) is 31.0 Å². The summed E-state index contributed by atoms with van der Waals surface area (Å²) in [6, 6.07) is 3.43. The lowest BCUT2D eigenvalue weighted by molar-refractivity contribution is 0.102. The van der Waals surface area contributed by atoms with Crippen LogP contribution in [0.4, 0.5) is 0 Å². The van der Waals surface area contributed by atoms with Crippen LogP contribution in [0, 0.1) is 11.3 Å². The number of hydrogen-bond acceptors (Lipinski definition) is 6. The minimum absolute atomic E-state index is 0.0262. The zero-order chi connectivity index (χ0) is 18.3. The Labute approximate surface area is 150 Å². The van der Waals surface area contributed by atoms with E-state index in [-0.39, 0.29) is 18.2 Å². The van der Waals surface area contributed by atoms with E-state index in [1.165, 1.54) is 10.6 Å². The molecule has 0 bridgehead atoms. The molecular formula is C16H17N7O2S. The molecule has 134 valence electrons. The Morgan fingerprint density at radius 1 is 1.42 bits per heavy atom. The van der Waals surface area contributed by atoms with Gasteiger partial charge in [0.15, 0.2) is 0 Å². The maximum absolute atomic E-state index is 12.2. The molecule has 1 aliphatic heterocycles. The number of rotatable bonds is 5. The van der Waals surface area contributed by atoms with Crippen LogP contribution in [0.25, 0.3) is 22.3 Å². The molecule has 0 amide bonds. The molecule has 4 rings (SSSR count). The van der Waals surface area contributed by atoms with E-state index in [1.54, 1.807) is 24.0 Å². The largest absolute Gasteiger partial charge is 0.346 e. The Morgan fingerprint density at radius 2 is 2.27 bits per heavy atom. The Bertz CT molecular complexity index is 1100. The Balaban J connectivity index is 1.64. The van der Waals surface area contributed by atoms with E-state index in [2.05, 4.69) is 26.1 Å². The summed E-state index contributed by atoms with van der Waals surface area (Å²) in [7, 11) is -3.32. The van der Waals surface area contributed by atoms with Crippen LogP contribution in [0.3, 0.4) is 0 Å². The third-order valence-corrected chi connectivity index (χ3v) is 6.64. The Kier molecular flexibility index (Phi) is 3.97. The van der Waals surface area contributed by atoms with Crippen molar-refractivity contribution in [2.75, 3.05) is 12.3 Å². The van der Waals surface area contributed by atoms with Gasteiger partial charge in [0, 0.05) is 29.9 Å². The Morgan fingerprint density at radius 3 is 3.04 bits per heavy atom. The van der Waals surface area contributed by atoms with Crippen molar-refractivity contribution in [2.45, 2.75) is 25.4 Å². The van der Waals surface area contributed by atoms with E-state index in [4.69, 9.17) is 5.26 Å². The average Bonchev–Trinajstić information content (AvgIpc) is 3.27. The van der Waals surface area contributed by atoms with Crippen molar-refractivity contribution < 1.29 is 8.42 Å². The van der Waals surface area contributed by atoms with Gasteiger partial charge >= 0.3 is 0 Å². The van der Waals surface area contributed by atoms with Crippen LogP contribution >= 0.6 is 0 Å². The van der Waals surface area contributed by atoms with Gasteiger partial charge in [-0.05, 0) is 13.0 Å². The summed E-state index contributed by atoms with van der Waals surface area (Å²) >= 11 is 0. The van der Waals surface area contributed by atoms with Crippen molar-refractivity contribution in [1.29, 1.82) is 5.26 Å². The number of nitrogens with zero attached hydrogens (tertiary/aromatic N) is 6. The molecule has 3 aromatic heterocycles. The summed E-state index contributed by atoms with van der Waals surface area (Å²) in [6.45, 7) is 1.93. The normalized spacial score (nSPS) is 20.8. The zero-order valence-electron chi connectivity index (χ0n) is 14.1. The molecular weight excluding hydrogens is 354 g/mol. The van der Waals surface area contributed by atoms with Gasteiger partial charge in [-0.2, -0.15) is 14.7 Å². The smallest absolute Gasteiger partial charge is 0.214 e. The predicted octanol–water partition coefficient (Wildman–Crippen LogP) is 1.31. The summed E-state index contributed by atoms with van der Waals surface area (Å²) < 4.78 is 27.4. The molecule has 0 saturated carbocycles. The quantitative estimate of drug-likeness (QED) is 0.722. The van der Waals surface area contributed by atoms with Crippen LogP contribution in [-0.2, 0) is 10.0 Å². The van der Waals surface area contributed by atoms with Crippen LogP contribution < -0.4 is 0 Å². The molecule has 10 heteroatoms. The molecule has 9 nitrogen and oxygen atoms in total. The number of fused-ring (bicyclic) bond motifs is 1. The van der Waals surface area contributed by atoms with Gasteiger partial charge in [0.1, 0.15) is 12.0 Å². The molecule has 2 atom stereocenters. The van der Waals surface area contributed by atoms with E-state index < -0.39 is 16.1 Å². The first-order valence-corrected chi connectivity index (χ1v) is 9.85. The van der Waals surface area contributed by atoms with Crippen LogP contribution in [0.15, 0.2) is 31.0 Å². The molecule has 1 N–H and O–H groups in total. The van der Waals surface area contributed by atoms with Crippen molar-refractivity contribution in [2.24, 2.45) is 0 Å². The number of H-pyrrole nitrogens is 1. The summed E-state index contributed by atoms with van der Waals surface area (Å²) in [5.41, 5.74) is 2.33. The highest BCUT2D eigenvalue weighted by Gasteiger charge is 2.46. The van der Waals surface area contributed by atoms with Gasteiger partial charge in [0.25, 0.3) is 0 Å². The molecule has 1 fully saturated rings. The summed E-state index contributed by atoms with van der Waals surface area (Å²) in [5.74, 6) is 0.0262. The van der Waals surface area contributed by atoms with Gasteiger partial charge in [0.05, 0.1) is 42.2 Å². The van der Waals surface area contributed by atoms with E-state index in [9.17, 15) is 8.42 Å². The fourth-order valence-corrected chi connectivity index (χ4v) is 4.66. The second-order valence-corrected chi connectivity index (χ2v) is 8.35. The van der Waals surface area contributed by atoms with Crippen LogP contribution in [0.5, 0.6) is 0 Å². The van der Waals surface area contributed by atoms with Crippen LogP contribution in [-0.4, -0.2) is 55.8 Å². The first-order valence-electron chi connectivity index (χ1n) is 8.24. The fourth-order valence-electron chi connectivity index (χ4n) is 3.32. The van der Waals surface area contributed by atoms with Gasteiger partial charge in [-0.15, -0.1) is 0 Å². The second-order valence-electron chi connectivity index (χ2n) is 6.14. The number of aromatic nitrogens is 5. The molecule has 0 radical (unpaired) electrons. The molecule has 0 aliphatic carbocycles. The van der Waals surface area contributed by atoms with Crippen molar-refractivity contribution in [3.63, 3.8) is 0 Å². The third kappa shape index (κ3) is 2.56. The zero-order valence-corrected chi connectivity index (χ0v) is 14.9. The Hall–Kier alpha value is -2.77. The maximum atomic E-state index is 12.2. The van der Waals surface area contributed by atoms with Gasteiger partial charge in [-0.3, -0.25) is 4.68 Å². The standard InChI is InChI=1S/C16H17N7O2S/c1-2-26(24,25)23-9-14(13(23)3-5-17)22-8-11(7-21-22)15-12-4-6-18-16(12)20-10-19-15/h4,6-8,10,13-14H,2-3,9H2,1H3,(H,18,19,20). The summed E-state index contributed by atoms with van der Waals surface area (Å²) in [5, 5.41) is 14.4. The lowest BCUT2D eigenvalue weighted by atomic mass is 9.97. The van der Waals surface area contributed by atoms with Crippen molar-refractivity contribution >= 4 is 21.1 Å².